The van der Waals surface area contributed by atoms with Crippen molar-refractivity contribution in [3.63, 3.8) is 0 Å². The summed E-state index contributed by atoms with van der Waals surface area (Å²) in [4.78, 5) is 7.04. The molecule has 0 unspecified atom stereocenters. The maximum absolute atomic E-state index is 6.06. The van der Waals surface area contributed by atoms with Crippen LogP contribution in [0, 0.1) is 0 Å². The molecule has 0 aliphatic carbocycles. The fourth-order valence-electron chi connectivity index (χ4n) is 4.36. The summed E-state index contributed by atoms with van der Waals surface area (Å²) in [6.45, 7) is 2.06. The van der Waals surface area contributed by atoms with Crippen LogP contribution in [0.3, 0.4) is 0 Å². The highest BCUT2D eigenvalue weighted by atomic mass is 16.5. The molecule has 0 spiro atoms. The molecule has 2 aliphatic heterocycles. The van der Waals surface area contributed by atoms with E-state index in [4.69, 9.17) is 23.9 Å². The first-order valence-electron chi connectivity index (χ1n) is 10.9. The number of hydrogen-bond acceptors (Lipinski definition) is 6. The molecule has 168 valence electrons. The normalized spacial score (nSPS) is 14.1. The van der Waals surface area contributed by atoms with Gasteiger partial charge in [0.2, 0.25) is 5.75 Å². The zero-order valence-electron chi connectivity index (χ0n) is 19.0. The van der Waals surface area contributed by atoms with Gasteiger partial charge < -0.3 is 23.8 Å². The quantitative estimate of drug-likeness (QED) is 0.523. The number of fused-ring (bicyclic) bond motifs is 3. The van der Waals surface area contributed by atoms with Crippen molar-refractivity contribution in [1.29, 1.82) is 0 Å². The molecule has 2 heterocycles. The predicted molar refractivity (Wildman–Crippen MR) is 129 cm³/mol. The molecular formula is C27H26N2O4. The second-order valence-electron chi connectivity index (χ2n) is 7.78. The summed E-state index contributed by atoms with van der Waals surface area (Å²) in [5, 5.41) is 0. The van der Waals surface area contributed by atoms with Crippen molar-refractivity contribution in [2.24, 2.45) is 4.99 Å². The summed E-state index contributed by atoms with van der Waals surface area (Å²) in [6, 6.07) is 20.4. The molecule has 3 aromatic carbocycles. The molecule has 33 heavy (non-hydrogen) atoms. The zero-order valence-corrected chi connectivity index (χ0v) is 19.0. The van der Waals surface area contributed by atoms with Crippen LogP contribution in [0.5, 0.6) is 23.0 Å². The Hall–Kier alpha value is -3.93. The van der Waals surface area contributed by atoms with Gasteiger partial charge in [-0.2, -0.15) is 0 Å². The van der Waals surface area contributed by atoms with Crippen molar-refractivity contribution in [2.45, 2.75) is 6.61 Å². The summed E-state index contributed by atoms with van der Waals surface area (Å²) in [7, 11) is 4.81. The highest BCUT2D eigenvalue weighted by Gasteiger charge is 2.28. The van der Waals surface area contributed by atoms with Gasteiger partial charge in [0, 0.05) is 17.7 Å². The maximum Gasteiger partial charge on any atom is 0.203 e. The first-order valence-corrected chi connectivity index (χ1v) is 10.9. The summed E-state index contributed by atoms with van der Waals surface area (Å²) in [6.07, 6.45) is 2.24. The fraction of sp³-hybridized carbons (Fsp3) is 0.222. The van der Waals surface area contributed by atoms with Crippen molar-refractivity contribution in [1.82, 2.24) is 4.90 Å². The highest BCUT2D eigenvalue weighted by Crippen LogP contribution is 2.40. The van der Waals surface area contributed by atoms with Gasteiger partial charge in [0.05, 0.1) is 33.6 Å². The maximum atomic E-state index is 6.06. The third kappa shape index (κ3) is 3.78. The van der Waals surface area contributed by atoms with Crippen molar-refractivity contribution in [3.8, 4) is 23.0 Å². The average molecular weight is 443 g/mol. The number of methoxy groups -OCH3 is 3. The lowest BCUT2D eigenvalue weighted by Crippen LogP contribution is -2.30. The van der Waals surface area contributed by atoms with Gasteiger partial charge in [-0.1, -0.05) is 24.3 Å². The van der Waals surface area contributed by atoms with E-state index in [0.29, 0.717) is 23.9 Å². The SMILES string of the molecule is COc1ccc(COc2ccc(C3=Cc4ccccc4C4=NCCN34)cc2)c(OC)c1OC. The van der Waals surface area contributed by atoms with Gasteiger partial charge in [-0.05, 0) is 53.6 Å². The van der Waals surface area contributed by atoms with Crippen LogP contribution >= 0.6 is 0 Å². The third-order valence-electron chi connectivity index (χ3n) is 5.96. The van der Waals surface area contributed by atoms with Gasteiger partial charge in [0.25, 0.3) is 0 Å². The first-order chi connectivity index (χ1) is 16.2. The molecule has 0 fully saturated rings. The van der Waals surface area contributed by atoms with E-state index in [1.807, 2.05) is 24.3 Å². The zero-order chi connectivity index (χ0) is 22.8. The minimum atomic E-state index is 0.349. The van der Waals surface area contributed by atoms with Crippen LogP contribution in [0.25, 0.3) is 11.8 Å². The molecule has 0 radical (unpaired) electrons. The van der Waals surface area contributed by atoms with E-state index in [1.54, 1.807) is 21.3 Å². The smallest absolute Gasteiger partial charge is 0.203 e. The van der Waals surface area contributed by atoms with E-state index in [-0.39, 0.29) is 0 Å². The van der Waals surface area contributed by atoms with Gasteiger partial charge in [-0.25, -0.2) is 0 Å². The number of benzene rings is 3. The fourth-order valence-corrected chi connectivity index (χ4v) is 4.36. The Kier molecular flexibility index (Phi) is 5.65. The molecule has 6 heteroatoms. The summed E-state index contributed by atoms with van der Waals surface area (Å²) >= 11 is 0. The Morgan fingerprint density at radius 3 is 2.39 bits per heavy atom. The van der Waals surface area contributed by atoms with Gasteiger partial charge in [-0.3, -0.25) is 4.99 Å². The van der Waals surface area contributed by atoms with Crippen molar-refractivity contribution >= 4 is 17.6 Å². The molecule has 3 aromatic rings. The van der Waals surface area contributed by atoms with Crippen LogP contribution in [-0.2, 0) is 6.61 Å². The second-order valence-corrected chi connectivity index (χ2v) is 7.78. The Bertz CT molecular complexity index is 1230. The van der Waals surface area contributed by atoms with E-state index in [1.165, 1.54) is 11.1 Å². The summed E-state index contributed by atoms with van der Waals surface area (Å²) < 4.78 is 22.4. The van der Waals surface area contributed by atoms with E-state index in [2.05, 4.69) is 47.4 Å². The number of hydrogen-bond donors (Lipinski definition) is 0. The topological polar surface area (TPSA) is 52.5 Å². The third-order valence-corrected chi connectivity index (χ3v) is 5.96. The Balaban J connectivity index is 1.36. The van der Waals surface area contributed by atoms with Gasteiger partial charge >= 0.3 is 0 Å². The predicted octanol–water partition coefficient (Wildman–Crippen LogP) is 4.87. The molecule has 0 bridgehead atoms. The van der Waals surface area contributed by atoms with Crippen LogP contribution in [0.2, 0.25) is 0 Å². The Morgan fingerprint density at radius 1 is 0.848 bits per heavy atom. The van der Waals surface area contributed by atoms with Crippen molar-refractivity contribution in [2.75, 3.05) is 34.4 Å². The Labute approximate surface area is 193 Å². The van der Waals surface area contributed by atoms with E-state index in [9.17, 15) is 0 Å². The minimum Gasteiger partial charge on any atom is -0.493 e. The van der Waals surface area contributed by atoms with Crippen LogP contribution in [-0.4, -0.2) is 45.2 Å². The van der Waals surface area contributed by atoms with Gasteiger partial charge in [-0.15, -0.1) is 0 Å². The molecule has 5 rings (SSSR count). The highest BCUT2D eigenvalue weighted by molar-refractivity contribution is 6.12. The number of nitrogens with zero attached hydrogens (tertiary/aromatic N) is 2. The summed E-state index contributed by atoms with van der Waals surface area (Å²) in [5.41, 5.74) is 5.57. The van der Waals surface area contributed by atoms with Crippen LogP contribution in [0.15, 0.2) is 65.7 Å². The number of amidine groups is 1. The van der Waals surface area contributed by atoms with Crippen molar-refractivity contribution < 1.29 is 18.9 Å². The van der Waals surface area contributed by atoms with E-state index < -0.39 is 0 Å². The van der Waals surface area contributed by atoms with Crippen LogP contribution in [0.4, 0.5) is 0 Å². The molecule has 0 saturated heterocycles. The lowest BCUT2D eigenvalue weighted by molar-refractivity contribution is 0.286. The molecule has 0 aromatic heterocycles. The number of aliphatic imine (C=N–C) groups is 1. The molecular weight excluding hydrogens is 416 g/mol. The molecule has 6 nitrogen and oxygen atoms in total. The van der Waals surface area contributed by atoms with Gasteiger partial charge in [0.15, 0.2) is 11.5 Å². The molecule has 0 saturated carbocycles. The standard InChI is InChI=1S/C27H26N2O4/c1-30-24-13-10-20(25(31-2)26(24)32-3)17-33-21-11-8-18(9-12-21)23-16-19-6-4-5-7-22(19)27-28-14-15-29(23)27/h4-13,16H,14-15,17H2,1-3H3. The van der Waals surface area contributed by atoms with Crippen LogP contribution in [0.1, 0.15) is 22.3 Å². The largest absolute Gasteiger partial charge is 0.493 e. The lowest BCUT2D eigenvalue weighted by atomic mass is 9.97. The molecule has 0 amide bonds. The number of ether oxygens (including phenoxy) is 4. The monoisotopic (exact) mass is 442 g/mol. The lowest BCUT2D eigenvalue weighted by Gasteiger charge is -2.29. The summed E-state index contributed by atoms with van der Waals surface area (Å²) in [5.74, 6) is 3.63. The number of rotatable bonds is 7. The van der Waals surface area contributed by atoms with Crippen LogP contribution < -0.4 is 18.9 Å². The minimum absolute atomic E-state index is 0.349. The molecule has 0 atom stereocenters. The van der Waals surface area contributed by atoms with Gasteiger partial charge in [0.1, 0.15) is 18.2 Å². The average Bonchev–Trinajstić information content (AvgIpc) is 3.37. The molecule has 0 N–H and O–H groups in total. The Morgan fingerprint density at radius 2 is 1.64 bits per heavy atom. The molecule has 2 aliphatic rings. The van der Waals surface area contributed by atoms with E-state index >= 15 is 0 Å². The first kappa shape index (κ1) is 20.9. The second kappa shape index (κ2) is 8.90. The van der Waals surface area contributed by atoms with Crippen molar-refractivity contribution in [3.05, 3.63) is 82.9 Å². The van der Waals surface area contributed by atoms with E-state index in [0.717, 1.165) is 41.5 Å².